The van der Waals surface area contributed by atoms with Gasteiger partial charge >= 0.3 is 0 Å². The normalized spacial score (nSPS) is 21.9. The largest absolute Gasteiger partial charge is 0.497 e. The van der Waals surface area contributed by atoms with Gasteiger partial charge in [-0.05, 0) is 42.5 Å². The van der Waals surface area contributed by atoms with Crippen molar-refractivity contribution in [1.29, 1.82) is 0 Å². The minimum atomic E-state index is 0.611. The van der Waals surface area contributed by atoms with Crippen LogP contribution in [0, 0.1) is 0 Å². The van der Waals surface area contributed by atoms with Crippen LogP contribution in [0.2, 0.25) is 0 Å². The zero-order valence-corrected chi connectivity index (χ0v) is 11.1. The van der Waals surface area contributed by atoms with Gasteiger partial charge < -0.3 is 10.1 Å². The maximum atomic E-state index is 5.27. The molecule has 0 aliphatic heterocycles. The Hall–Kier alpha value is -1.81. The molecule has 0 unspecified atom stereocenters. The molecule has 0 atom stereocenters. The van der Waals surface area contributed by atoms with E-state index in [1.165, 1.54) is 18.4 Å². The van der Waals surface area contributed by atoms with Crippen LogP contribution in [0.5, 0.6) is 5.75 Å². The van der Waals surface area contributed by atoms with E-state index >= 15 is 0 Å². The monoisotopic (exact) mass is 257 g/mol. The molecule has 1 aromatic heterocycles. The summed E-state index contributed by atoms with van der Waals surface area (Å²) in [5.74, 6) is 1.61. The zero-order chi connectivity index (χ0) is 13.1. The molecular formula is C15H19N3O. The fourth-order valence-electron chi connectivity index (χ4n) is 2.59. The standard InChI is InChI=1S/C15H19N3O/c1-19-15-4-2-3-11(9-15)12-7-14(8-12)16-10-13-5-6-17-18-13/h2-6,9,12,14,16H,7-8,10H2,1H3,(H,17,18). The average Bonchev–Trinajstić information content (AvgIpc) is 2.90. The van der Waals surface area contributed by atoms with E-state index in [4.69, 9.17) is 4.74 Å². The van der Waals surface area contributed by atoms with Gasteiger partial charge in [-0.25, -0.2) is 0 Å². The molecular weight excluding hydrogens is 238 g/mol. The zero-order valence-electron chi connectivity index (χ0n) is 11.1. The van der Waals surface area contributed by atoms with Crippen LogP contribution in [-0.2, 0) is 6.54 Å². The SMILES string of the molecule is COc1cccc(C2CC(NCc3ccn[nH]3)C2)c1. The quantitative estimate of drug-likeness (QED) is 0.865. The molecule has 2 N–H and O–H groups in total. The minimum absolute atomic E-state index is 0.611. The summed E-state index contributed by atoms with van der Waals surface area (Å²) in [6.07, 6.45) is 4.18. The Morgan fingerprint density at radius 1 is 1.37 bits per heavy atom. The Kier molecular flexibility index (Phi) is 3.51. The highest BCUT2D eigenvalue weighted by molar-refractivity contribution is 5.32. The van der Waals surface area contributed by atoms with E-state index < -0.39 is 0 Å². The number of H-pyrrole nitrogens is 1. The molecule has 1 aromatic carbocycles. The topological polar surface area (TPSA) is 49.9 Å². The van der Waals surface area contributed by atoms with Crippen molar-refractivity contribution < 1.29 is 4.74 Å². The van der Waals surface area contributed by atoms with Crippen LogP contribution in [0.15, 0.2) is 36.5 Å². The summed E-state index contributed by atoms with van der Waals surface area (Å²) >= 11 is 0. The summed E-state index contributed by atoms with van der Waals surface area (Å²) in [7, 11) is 1.72. The Balaban J connectivity index is 1.49. The molecule has 19 heavy (non-hydrogen) atoms. The van der Waals surface area contributed by atoms with Crippen molar-refractivity contribution in [2.24, 2.45) is 0 Å². The number of nitrogens with one attached hydrogen (secondary N) is 2. The van der Waals surface area contributed by atoms with E-state index in [1.807, 2.05) is 12.1 Å². The lowest BCUT2D eigenvalue weighted by atomic mass is 9.76. The molecule has 0 saturated heterocycles. The van der Waals surface area contributed by atoms with Crippen LogP contribution in [-0.4, -0.2) is 23.3 Å². The Bertz CT molecular complexity index is 518. The predicted octanol–water partition coefficient (Wildman–Crippen LogP) is 2.45. The molecule has 2 aromatic rings. The first-order valence-electron chi connectivity index (χ1n) is 6.71. The van der Waals surface area contributed by atoms with Gasteiger partial charge in [0.05, 0.1) is 7.11 Å². The summed E-state index contributed by atoms with van der Waals surface area (Å²) in [4.78, 5) is 0. The molecule has 1 aliphatic rings. The van der Waals surface area contributed by atoms with E-state index in [-0.39, 0.29) is 0 Å². The number of nitrogens with zero attached hydrogens (tertiary/aromatic N) is 1. The van der Waals surface area contributed by atoms with Gasteiger partial charge in [0.1, 0.15) is 5.75 Å². The fourth-order valence-corrected chi connectivity index (χ4v) is 2.59. The van der Waals surface area contributed by atoms with Gasteiger partial charge in [-0.2, -0.15) is 5.10 Å². The summed E-state index contributed by atoms with van der Waals surface area (Å²) in [6.45, 7) is 0.871. The molecule has 0 spiro atoms. The van der Waals surface area contributed by atoms with Crippen LogP contribution < -0.4 is 10.1 Å². The second kappa shape index (κ2) is 5.45. The van der Waals surface area contributed by atoms with Crippen molar-refractivity contribution in [2.45, 2.75) is 31.3 Å². The Morgan fingerprint density at radius 3 is 3.00 bits per heavy atom. The molecule has 1 fully saturated rings. The summed E-state index contributed by atoms with van der Waals surface area (Å²) in [5, 5.41) is 10.5. The van der Waals surface area contributed by atoms with Crippen molar-refractivity contribution in [3.05, 3.63) is 47.8 Å². The van der Waals surface area contributed by atoms with Crippen molar-refractivity contribution in [3.63, 3.8) is 0 Å². The molecule has 0 bridgehead atoms. The number of ether oxygens (including phenoxy) is 1. The Labute approximate surface area is 113 Å². The maximum absolute atomic E-state index is 5.27. The second-order valence-electron chi connectivity index (χ2n) is 5.10. The van der Waals surface area contributed by atoms with Crippen molar-refractivity contribution >= 4 is 0 Å². The van der Waals surface area contributed by atoms with Crippen LogP contribution in [0.1, 0.15) is 30.0 Å². The van der Waals surface area contributed by atoms with Gasteiger partial charge in [-0.1, -0.05) is 12.1 Å². The van der Waals surface area contributed by atoms with E-state index in [0.29, 0.717) is 12.0 Å². The number of hydrogen-bond acceptors (Lipinski definition) is 3. The van der Waals surface area contributed by atoms with E-state index in [0.717, 1.165) is 18.0 Å². The summed E-state index contributed by atoms with van der Waals surface area (Å²) < 4.78 is 5.27. The van der Waals surface area contributed by atoms with Crippen LogP contribution >= 0.6 is 0 Å². The lowest BCUT2D eigenvalue weighted by Crippen LogP contribution is -2.39. The highest BCUT2D eigenvalue weighted by atomic mass is 16.5. The number of aromatic amines is 1. The third-order valence-corrected chi connectivity index (χ3v) is 3.84. The minimum Gasteiger partial charge on any atom is -0.497 e. The van der Waals surface area contributed by atoms with Crippen molar-refractivity contribution in [2.75, 3.05) is 7.11 Å². The van der Waals surface area contributed by atoms with Crippen molar-refractivity contribution in [1.82, 2.24) is 15.5 Å². The smallest absolute Gasteiger partial charge is 0.119 e. The Morgan fingerprint density at radius 2 is 2.26 bits per heavy atom. The van der Waals surface area contributed by atoms with Gasteiger partial charge in [0, 0.05) is 24.5 Å². The molecule has 4 heteroatoms. The molecule has 0 radical (unpaired) electrons. The van der Waals surface area contributed by atoms with Crippen LogP contribution in [0.3, 0.4) is 0 Å². The van der Waals surface area contributed by atoms with Crippen LogP contribution in [0.4, 0.5) is 0 Å². The molecule has 3 rings (SSSR count). The number of benzene rings is 1. The first-order chi connectivity index (χ1) is 9.35. The van der Waals surface area contributed by atoms with Gasteiger partial charge in [-0.3, -0.25) is 5.10 Å². The van der Waals surface area contributed by atoms with Gasteiger partial charge in [0.15, 0.2) is 0 Å². The third-order valence-electron chi connectivity index (χ3n) is 3.84. The predicted molar refractivity (Wildman–Crippen MR) is 74.2 cm³/mol. The first kappa shape index (κ1) is 12.2. The van der Waals surface area contributed by atoms with Gasteiger partial charge in [0.2, 0.25) is 0 Å². The van der Waals surface area contributed by atoms with Gasteiger partial charge in [-0.15, -0.1) is 0 Å². The lowest BCUT2D eigenvalue weighted by molar-refractivity contribution is 0.288. The highest BCUT2D eigenvalue weighted by Crippen LogP contribution is 2.37. The summed E-state index contributed by atoms with van der Waals surface area (Å²) in [5.41, 5.74) is 2.53. The lowest BCUT2D eigenvalue weighted by Gasteiger charge is -2.36. The highest BCUT2D eigenvalue weighted by Gasteiger charge is 2.29. The number of methoxy groups -OCH3 is 1. The number of hydrogen-bond donors (Lipinski definition) is 2. The van der Waals surface area contributed by atoms with E-state index in [1.54, 1.807) is 13.3 Å². The van der Waals surface area contributed by atoms with E-state index in [2.05, 4.69) is 33.7 Å². The molecule has 1 heterocycles. The summed E-state index contributed by atoms with van der Waals surface area (Å²) in [6, 6.07) is 11.0. The average molecular weight is 257 g/mol. The molecule has 1 aliphatic carbocycles. The van der Waals surface area contributed by atoms with Gasteiger partial charge in [0.25, 0.3) is 0 Å². The van der Waals surface area contributed by atoms with E-state index in [9.17, 15) is 0 Å². The van der Waals surface area contributed by atoms with Crippen molar-refractivity contribution in [3.8, 4) is 5.75 Å². The maximum Gasteiger partial charge on any atom is 0.119 e. The third kappa shape index (κ3) is 2.79. The van der Waals surface area contributed by atoms with Crippen LogP contribution in [0.25, 0.3) is 0 Å². The number of aromatic nitrogens is 2. The molecule has 1 saturated carbocycles. The fraction of sp³-hybridized carbons (Fsp3) is 0.400. The molecule has 4 nitrogen and oxygen atoms in total. The number of rotatable bonds is 5. The first-order valence-corrected chi connectivity index (χ1v) is 6.71. The molecule has 0 amide bonds. The molecule has 100 valence electrons. The second-order valence-corrected chi connectivity index (χ2v) is 5.10.